The smallest absolute Gasteiger partial charge is 0.388 e. The zero-order valence-corrected chi connectivity index (χ0v) is 23.6. The van der Waals surface area contributed by atoms with E-state index in [9.17, 15) is 31.5 Å². The number of hydrogen-bond acceptors (Lipinski definition) is 7. The lowest BCUT2D eigenvalue weighted by Crippen LogP contribution is -2.47. The zero-order chi connectivity index (χ0) is 28.8. The van der Waals surface area contributed by atoms with Crippen LogP contribution in [-0.4, -0.2) is 69.6 Å². The van der Waals surface area contributed by atoms with Crippen LogP contribution in [0.3, 0.4) is 0 Å². The van der Waals surface area contributed by atoms with Gasteiger partial charge in [0.2, 0.25) is 0 Å². The lowest BCUT2D eigenvalue weighted by atomic mass is 9.84. The van der Waals surface area contributed by atoms with Crippen molar-refractivity contribution in [3.63, 3.8) is 0 Å². The Hall–Kier alpha value is -2.38. The standard InChI is InChI=1S/C25H33ClF3N5O4S/c1-4-34-21(17-12-30-18(11-15(17)2)32-23(9-10-23)13-25(27,28)29)19(26)20(33-34)22(35)31-14-24(36)7-5-16(6-8-24)39(3,37)38/h11-12,16,36H,4-10,13-14H2,1-3H3,(H,30,32)(H,31,35). The highest BCUT2D eigenvalue weighted by Gasteiger charge is 2.51. The summed E-state index contributed by atoms with van der Waals surface area (Å²) in [6, 6.07) is 1.65. The number of hydrogen-bond donors (Lipinski definition) is 3. The number of alkyl halides is 3. The molecule has 2 heterocycles. The van der Waals surface area contributed by atoms with Crippen molar-refractivity contribution in [3.05, 3.63) is 28.5 Å². The molecule has 0 unspecified atom stereocenters. The summed E-state index contributed by atoms with van der Waals surface area (Å²) >= 11 is 6.62. The number of aliphatic hydroxyl groups is 1. The molecule has 1 amide bonds. The van der Waals surface area contributed by atoms with E-state index >= 15 is 0 Å². The van der Waals surface area contributed by atoms with E-state index in [2.05, 4.69) is 20.7 Å². The topological polar surface area (TPSA) is 126 Å². The molecule has 2 aliphatic rings. The first-order valence-electron chi connectivity index (χ1n) is 12.8. The van der Waals surface area contributed by atoms with Crippen molar-refractivity contribution < 1.29 is 31.5 Å². The van der Waals surface area contributed by atoms with Crippen LogP contribution in [-0.2, 0) is 16.4 Å². The molecule has 0 spiro atoms. The Bertz CT molecular complexity index is 1350. The molecule has 0 atom stereocenters. The second-order valence-corrected chi connectivity index (χ2v) is 13.5. The number of amides is 1. The Morgan fingerprint density at radius 2 is 1.90 bits per heavy atom. The highest BCUT2D eigenvalue weighted by molar-refractivity contribution is 7.91. The van der Waals surface area contributed by atoms with Crippen molar-refractivity contribution in [2.45, 2.75) is 87.9 Å². The van der Waals surface area contributed by atoms with Gasteiger partial charge in [-0.15, -0.1) is 0 Å². The third-order valence-electron chi connectivity index (χ3n) is 7.61. The van der Waals surface area contributed by atoms with Crippen LogP contribution in [0.5, 0.6) is 0 Å². The lowest BCUT2D eigenvalue weighted by molar-refractivity contribution is -0.138. The summed E-state index contributed by atoms with van der Waals surface area (Å²) in [4.78, 5) is 17.3. The first-order chi connectivity index (χ1) is 18.0. The van der Waals surface area contributed by atoms with Crippen molar-refractivity contribution >= 4 is 33.2 Å². The highest BCUT2D eigenvalue weighted by atomic mass is 35.5. The molecule has 2 saturated carbocycles. The summed E-state index contributed by atoms with van der Waals surface area (Å²) in [5.74, 6) is -0.257. The number of anilines is 1. The van der Waals surface area contributed by atoms with Gasteiger partial charge in [-0.2, -0.15) is 18.3 Å². The fourth-order valence-electron chi connectivity index (χ4n) is 5.16. The molecule has 2 aliphatic carbocycles. The molecule has 0 aromatic carbocycles. The predicted octanol–water partition coefficient (Wildman–Crippen LogP) is 4.27. The van der Waals surface area contributed by atoms with Gasteiger partial charge in [0.05, 0.1) is 28.0 Å². The fraction of sp³-hybridized carbons (Fsp3) is 0.640. The first-order valence-corrected chi connectivity index (χ1v) is 15.2. The molecule has 9 nitrogen and oxygen atoms in total. The number of pyridine rings is 1. The summed E-state index contributed by atoms with van der Waals surface area (Å²) in [6.07, 6.45) is -0.585. The number of carbonyl (C=O) groups excluding carboxylic acids is 1. The monoisotopic (exact) mass is 591 g/mol. The molecule has 4 rings (SSSR count). The number of aryl methyl sites for hydroxylation is 2. The molecule has 2 aromatic heterocycles. The molecule has 2 fully saturated rings. The molecule has 0 radical (unpaired) electrons. The van der Waals surface area contributed by atoms with Crippen LogP contribution < -0.4 is 10.6 Å². The molecule has 14 heteroatoms. The van der Waals surface area contributed by atoms with Gasteiger partial charge >= 0.3 is 6.18 Å². The van der Waals surface area contributed by atoms with Crippen molar-refractivity contribution in [2.75, 3.05) is 18.1 Å². The van der Waals surface area contributed by atoms with Gasteiger partial charge < -0.3 is 15.7 Å². The van der Waals surface area contributed by atoms with Crippen LogP contribution in [0.1, 0.15) is 67.9 Å². The minimum atomic E-state index is -4.28. The van der Waals surface area contributed by atoms with Crippen LogP contribution in [0.15, 0.2) is 12.3 Å². The Morgan fingerprint density at radius 1 is 1.26 bits per heavy atom. The molecule has 0 bridgehead atoms. The van der Waals surface area contributed by atoms with E-state index in [0.717, 1.165) is 0 Å². The zero-order valence-electron chi connectivity index (χ0n) is 22.0. The summed E-state index contributed by atoms with van der Waals surface area (Å²) < 4.78 is 64.0. The summed E-state index contributed by atoms with van der Waals surface area (Å²) in [5, 5.41) is 20.4. The maximum atomic E-state index is 13.0. The number of halogens is 4. The Kier molecular flexibility index (Phi) is 8.01. The first kappa shape index (κ1) is 29.6. The molecule has 0 aliphatic heterocycles. The average molecular weight is 592 g/mol. The van der Waals surface area contributed by atoms with Crippen LogP contribution in [0.4, 0.5) is 19.0 Å². The van der Waals surface area contributed by atoms with E-state index < -0.39 is 44.7 Å². The van der Waals surface area contributed by atoms with Crippen molar-refractivity contribution in [2.24, 2.45) is 0 Å². The van der Waals surface area contributed by atoms with Gasteiger partial charge in [0, 0.05) is 36.6 Å². The van der Waals surface area contributed by atoms with Crippen LogP contribution in [0, 0.1) is 6.92 Å². The SMILES string of the molecule is CCn1nc(C(=O)NCC2(O)CCC(S(C)(=O)=O)CC2)c(Cl)c1-c1cnc(NC2(CC(F)(F)F)CC2)cc1C. The van der Waals surface area contributed by atoms with E-state index in [4.69, 9.17) is 11.6 Å². The quantitative estimate of drug-likeness (QED) is 0.397. The molecule has 2 aromatic rings. The molecule has 216 valence electrons. The summed E-state index contributed by atoms with van der Waals surface area (Å²) in [5.41, 5.74) is -0.571. The molecule has 0 saturated heterocycles. The van der Waals surface area contributed by atoms with E-state index in [1.165, 1.54) is 12.5 Å². The summed E-state index contributed by atoms with van der Waals surface area (Å²) in [7, 11) is -3.19. The molecule has 3 N–H and O–H groups in total. The predicted molar refractivity (Wildman–Crippen MR) is 142 cm³/mol. The van der Waals surface area contributed by atoms with E-state index in [0.29, 0.717) is 54.9 Å². The van der Waals surface area contributed by atoms with Crippen LogP contribution >= 0.6 is 11.6 Å². The second kappa shape index (κ2) is 10.5. The minimum Gasteiger partial charge on any atom is -0.388 e. The van der Waals surface area contributed by atoms with Gasteiger partial charge in [-0.25, -0.2) is 13.4 Å². The number of carbonyl (C=O) groups is 1. The van der Waals surface area contributed by atoms with Gasteiger partial charge in [0.1, 0.15) is 15.7 Å². The largest absolute Gasteiger partial charge is 0.391 e. The molecular formula is C25H33ClF3N5O4S. The highest BCUT2D eigenvalue weighted by Crippen LogP contribution is 2.47. The average Bonchev–Trinajstić information content (AvgIpc) is 3.48. The van der Waals surface area contributed by atoms with Gasteiger partial charge in [-0.05, 0) is 64.0 Å². The summed E-state index contributed by atoms with van der Waals surface area (Å²) in [6.45, 7) is 3.90. The maximum absolute atomic E-state index is 13.0. The second-order valence-electron chi connectivity index (χ2n) is 10.8. The number of nitrogens with one attached hydrogen (secondary N) is 2. The number of rotatable bonds is 9. The lowest BCUT2D eigenvalue weighted by Gasteiger charge is -2.35. The Labute approximate surface area is 230 Å². The van der Waals surface area contributed by atoms with Gasteiger partial charge in [-0.1, -0.05) is 11.6 Å². The van der Waals surface area contributed by atoms with Crippen molar-refractivity contribution in [1.82, 2.24) is 20.1 Å². The number of sulfone groups is 1. The van der Waals surface area contributed by atoms with E-state index in [1.54, 1.807) is 17.7 Å². The van der Waals surface area contributed by atoms with Gasteiger partial charge in [0.25, 0.3) is 5.91 Å². The van der Waals surface area contributed by atoms with Gasteiger partial charge in [0.15, 0.2) is 5.69 Å². The molecular weight excluding hydrogens is 559 g/mol. The molecule has 39 heavy (non-hydrogen) atoms. The van der Waals surface area contributed by atoms with Crippen LogP contribution in [0.2, 0.25) is 5.02 Å². The van der Waals surface area contributed by atoms with E-state index in [1.807, 2.05) is 6.92 Å². The third-order valence-corrected chi connectivity index (χ3v) is 9.65. The normalized spacial score (nSPS) is 22.9. The Morgan fingerprint density at radius 3 is 2.41 bits per heavy atom. The van der Waals surface area contributed by atoms with Crippen molar-refractivity contribution in [1.29, 1.82) is 0 Å². The maximum Gasteiger partial charge on any atom is 0.391 e. The van der Waals surface area contributed by atoms with Crippen molar-refractivity contribution in [3.8, 4) is 11.3 Å². The van der Waals surface area contributed by atoms with E-state index in [-0.39, 0.29) is 30.1 Å². The Balaban J connectivity index is 1.48. The van der Waals surface area contributed by atoms with Gasteiger partial charge in [-0.3, -0.25) is 9.48 Å². The third kappa shape index (κ3) is 6.86. The fourth-order valence-corrected chi connectivity index (χ4v) is 6.57. The number of aromatic nitrogens is 3. The minimum absolute atomic E-state index is 0.0364. The van der Waals surface area contributed by atoms with Crippen LogP contribution in [0.25, 0.3) is 11.3 Å². The number of nitrogens with zero attached hydrogens (tertiary/aromatic N) is 3.